The number of rotatable bonds is 2. The van der Waals surface area contributed by atoms with Crippen molar-refractivity contribution in [3.8, 4) is 5.75 Å². The van der Waals surface area contributed by atoms with Crippen LogP contribution in [0.1, 0.15) is 16.8 Å². The fourth-order valence-corrected chi connectivity index (χ4v) is 5.07. The minimum atomic E-state index is -4.87. The van der Waals surface area contributed by atoms with E-state index in [1.807, 2.05) is 0 Å². The van der Waals surface area contributed by atoms with Crippen molar-refractivity contribution in [3.05, 3.63) is 101 Å². The van der Waals surface area contributed by atoms with E-state index in [1.165, 1.54) is 12.1 Å². The highest BCUT2D eigenvalue weighted by atomic mass is 35.5. The first-order chi connectivity index (χ1) is 15.3. The van der Waals surface area contributed by atoms with Crippen LogP contribution in [0.5, 0.6) is 5.75 Å². The Kier molecular flexibility index (Phi) is 4.60. The van der Waals surface area contributed by atoms with Crippen LogP contribution >= 0.6 is 11.6 Å². The molecule has 1 aliphatic heterocycles. The number of aromatic nitrogens is 1. The Morgan fingerprint density at radius 1 is 0.906 bits per heavy atom. The van der Waals surface area contributed by atoms with E-state index >= 15 is 0 Å². The van der Waals surface area contributed by atoms with Crippen LogP contribution in [-0.4, -0.2) is 16.7 Å². The predicted molar refractivity (Wildman–Crippen MR) is 116 cm³/mol. The highest BCUT2D eigenvalue weighted by Gasteiger charge is 2.65. The summed E-state index contributed by atoms with van der Waals surface area (Å²) in [4.78, 5) is 13.1. The van der Waals surface area contributed by atoms with E-state index in [0.29, 0.717) is 27.1 Å². The zero-order valence-corrected chi connectivity index (χ0v) is 17.6. The molecule has 0 saturated carbocycles. The second-order valence-corrected chi connectivity index (χ2v) is 8.27. The lowest BCUT2D eigenvalue weighted by Gasteiger charge is -2.44. The quantitative estimate of drug-likeness (QED) is 0.334. The molecule has 5 rings (SSSR count). The summed E-state index contributed by atoms with van der Waals surface area (Å²) in [5.74, 6) is -3.64. The first-order valence-corrected chi connectivity index (χ1v) is 10.3. The maximum atomic E-state index is 14.7. The summed E-state index contributed by atoms with van der Waals surface area (Å²) in [7, 11) is 1.70. The Bertz CT molecular complexity index is 1330. The summed E-state index contributed by atoms with van der Waals surface area (Å²) >= 11 is 6.07. The summed E-state index contributed by atoms with van der Waals surface area (Å²) in [6, 6.07) is 21.6. The number of halogens is 4. The second-order valence-electron chi connectivity index (χ2n) is 7.83. The van der Waals surface area contributed by atoms with E-state index in [2.05, 4.69) is 0 Å². The van der Waals surface area contributed by atoms with E-state index in [1.54, 1.807) is 78.3 Å². The molecule has 0 fully saturated rings. The van der Waals surface area contributed by atoms with Crippen molar-refractivity contribution in [1.29, 1.82) is 0 Å². The lowest BCUT2D eigenvalue weighted by atomic mass is 9.62. The zero-order chi connectivity index (χ0) is 22.7. The van der Waals surface area contributed by atoms with E-state index in [9.17, 15) is 18.0 Å². The summed E-state index contributed by atoms with van der Waals surface area (Å²) < 4.78 is 51.2. The molecule has 2 atom stereocenters. The van der Waals surface area contributed by atoms with Crippen LogP contribution in [0.2, 0.25) is 5.02 Å². The van der Waals surface area contributed by atoms with Gasteiger partial charge < -0.3 is 9.30 Å². The normalized spacial score (nSPS) is 20.8. The van der Waals surface area contributed by atoms with Crippen LogP contribution < -0.4 is 4.74 Å². The number of carbonyl (C=O) groups excluding carboxylic acids is 1. The summed E-state index contributed by atoms with van der Waals surface area (Å²) in [5, 5.41) is 0.962. The van der Waals surface area contributed by atoms with Crippen molar-refractivity contribution in [2.24, 2.45) is 13.0 Å². The number of nitrogens with zero attached hydrogens (tertiary/aromatic N) is 1. The number of para-hydroxylation sites is 1. The molecule has 2 heterocycles. The Morgan fingerprint density at radius 3 is 2.16 bits per heavy atom. The largest absolute Gasteiger partial charge is 0.423 e. The maximum Gasteiger partial charge on any atom is 0.403 e. The minimum Gasteiger partial charge on any atom is -0.423 e. The van der Waals surface area contributed by atoms with Crippen molar-refractivity contribution >= 4 is 28.5 Å². The summed E-state index contributed by atoms with van der Waals surface area (Å²) in [5.41, 5.74) is -0.285. The maximum absolute atomic E-state index is 14.7. The molecule has 2 unspecified atom stereocenters. The number of ether oxygens (including phenoxy) is 1. The van der Waals surface area contributed by atoms with E-state index < -0.39 is 23.5 Å². The molecule has 0 radical (unpaired) electrons. The van der Waals surface area contributed by atoms with Gasteiger partial charge in [0.2, 0.25) is 0 Å². The van der Waals surface area contributed by atoms with Crippen LogP contribution in [-0.2, 0) is 17.3 Å². The van der Waals surface area contributed by atoms with E-state index in [0.717, 1.165) is 0 Å². The lowest BCUT2D eigenvalue weighted by molar-refractivity contribution is -0.203. The van der Waals surface area contributed by atoms with Gasteiger partial charge in [-0.05, 0) is 35.4 Å². The third-order valence-electron chi connectivity index (χ3n) is 6.16. The van der Waals surface area contributed by atoms with Gasteiger partial charge in [0.15, 0.2) is 11.7 Å². The van der Waals surface area contributed by atoms with Gasteiger partial charge >= 0.3 is 12.1 Å². The van der Waals surface area contributed by atoms with Gasteiger partial charge in [-0.25, -0.2) is 0 Å². The monoisotopic (exact) mass is 455 g/mol. The van der Waals surface area contributed by atoms with Gasteiger partial charge in [0.25, 0.3) is 0 Å². The van der Waals surface area contributed by atoms with Gasteiger partial charge in [0, 0.05) is 17.5 Å². The number of hydrogen-bond acceptors (Lipinski definition) is 2. The molecule has 0 N–H and O–H groups in total. The highest BCUT2D eigenvalue weighted by molar-refractivity contribution is 6.30. The first kappa shape index (κ1) is 20.6. The Hall–Kier alpha value is -3.25. The number of carbonyl (C=O) groups is 1. The molecule has 0 aliphatic carbocycles. The molecule has 162 valence electrons. The van der Waals surface area contributed by atoms with Crippen LogP contribution in [0.15, 0.2) is 78.9 Å². The fraction of sp³-hybridized carbons (Fsp3) is 0.160. The Balaban J connectivity index is 2.02. The molecular weight excluding hydrogens is 439 g/mol. The average Bonchev–Trinajstić information content (AvgIpc) is 3.05. The molecule has 7 heteroatoms. The lowest BCUT2D eigenvalue weighted by Crippen LogP contribution is -2.54. The third-order valence-corrected chi connectivity index (χ3v) is 6.41. The van der Waals surface area contributed by atoms with Gasteiger partial charge in [-0.15, -0.1) is 0 Å². The van der Waals surface area contributed by atoms with Crippen molar-refractivity contribution in [2.45, 2.75) is 11.6 Å². The smallest absolute Gasteiger partial charge is 0.403 e. The molecule has 1 aromatic heterocycles. The molecule has 0 saturated heterocycles. The molecule has 32 heavy (non-hydrogen) atoms. The number of benzene rings is 3. The number of aryl methyl sites for hydroxylation is 1. The molecule has 0 amide bonds. The molecule has 4 aromatic rings. The molecule has 3 nitrogen and oxygen atoms in total. The van der Waals surface area contributed by atoms with Crippen LogP contribution in [0.25, 0.3) is 10.9 Å². The third kappa shape index (κ3) is 2.79. The van der Waals surface area contributed by atoms with Gasteiger partial charge in [-0.1, -0.05) is 66.2 Å². The first-order valence-electron chi connectivity index (χ1n) is 9.94. The molecule has 0 spiro atoms. The van der Waals surface area contributed by atoms with Crippen LogP contribution in [0, 0.1) is 5.92 Å². The standard InChI is InChI=1S/C25H17ClF3NO2/c1-30-19-10-6-5-9-18(19)20-22(30)24(15-7-3-2-4-8-15,16-11-13-17(26)14-12-16)21(23(31)32-20)25(27,28)29/h2-14,21H,1H3. The van der Waals surface area contributed by atoms with E-state index in [4.69, 9.17) is 16.3 Å². The van der Waals surface area contributed by atoms with Gasteiger partial charge in [0.1, 0.15) is 0 Å². The van der Waals surface area contributed by atoms with Crippen LogP contribution in [0.4, 0.5) is 13.2 Å². The number of hydrogen-bond donors (Lipinski definition) is 0. The molecule has 0 bridgehead atoms. The molecule has 1 aliphatic rings. The van der Waals surface area contributed by atoms with Crippen LogP contribution in [0.3, 0.4) is 0 Å². The molecule has 3 aromatic carbocycles. The fourth-order valence-electron chi connectivity index (χ4n) is 4.94. The topological polar surface area (TPSA) is 31.2 Å². The minimum absolute atomic E-state index is 0.146. The summed E-state index contributed by atoms with van der Waals surface area (Å²) in [6.45, 7) is 0. The Morgan fingerprint density at radius 2 is 1.50 bits per heavy atom. The second kappa shape index (κ2) is 7.14. The van der Waals surface area contributed by atoms with Crippen molar-refractivity contribution in [1.82, 2.24) is 4.57 Å². The SMILES string of the molecule is Cn1c2c(c3ccccc31)OC(=O)C(C(F)(F)F)C2(c1ccccc1)c1ccc(Cl)cc1. The predicted octanol–water partition coefficient (Wildman–Crippen LogP) is 6.26. The van der Waals surface area contributed by atoms with Gasteiger partial charge in [-0.3, -0.25) is 4.79 Å². The van der Waals surface area contributed by atoms with Crippen molar-refractivity contribution in [2.75, 3.05) is 0 Å². The molecular formula is C25H17ClF3NO2. The number of alkyl halides is 3. The zero-order valence-electron chi connectivity index (χ0n) is 16.9. The van der Waals surface area contributed by atoms with E-state index in [-0.39, 0.29) is 11.4 Å². The average molecular weight is 456 g/mol. The van der Waals surface area contributed by atoms with Gasteiger partial charge in [0.05, 0.1) is 16.6 Å². The van der Waals surface area contributed by atoms with Crippen molar-refractivity contribution < 1.29 is 22.7 Å². The highest BCUT2D eigenvalue weighted by Crippen LogP contribution is 2.58. The van der Waals surface area contributed by atoms with Crippen molar-refractivity contribution in [3.63, 3.8) is 0 Å². The van der Waals surface area contributed by atoms with Gasteiger partial charge in [-0.2, -0.15) is 13.2 Å². The number of esters is 1. The Labute approximate surface area is 187 Å². The summed E-state index contributed by atoms with van der Waals surface area (Å²) in [6.07, 6.45) is -4.87. The number of fused-ring (bicyclic) bond motifs is 3.